The van der Waals surface area contributed by atoms with Gasteiger partial charge in [0.05, 0.1) is 17.1 Å². The number of benzene rings is 5. The number of hydrogen-bond donors (Lipinski definition) is 0. The van der Waals surface area contributed by atoms with Crippen molar-refractivity contribution in [2.24, 2.45) is 0 Å². The molecule has 0 bridgehead atoms. The Morgan fingerprint density at radius 1 is 0.468 bits per heavy atom. The van der Waals surface area contributed by atoms with Crippen molar-refractivity contribution >= 4 is 10.1 Å². The highest BCUT2D eigenvalue weighted by Crippen LogP contribution is 2.41. The van der Waals surface area contributed by atoms with E-state index in [9.17, 15) is 21.6 Å². The standard InChI is InChI=1S/C52H42F3N3O3S/c1-35-26-48(39-14-6-3-7-15-39)56-32-42(35)24-22-37-28-38(23-25-43-33-57-49(27-36(43)2)40-16-8-4-9-17-40)30-44(29-37)45-20-12-13-21-46(45)47-34-58-50(41-18-10-5-11-19-41)31-51(47)61-62(59,60)52(53,54)55/h3-21,26-34H,22-25H2,1-2H3. The van der Waals surface area contributed by atoms with Crippen LogP contribution in [0.25, 0.3) is 56.0 Å². The summed E-state index contributed by atoms with van der Waals surface area (Å²) >= 11 is 0. The van der Waals surface area contributed by atoms with Gasteiger partial charge in [0.15, 0.2) is 5.75 Å². The highest BCUT2D eigenvalue weighted by atomic mass is 32.2. The normalized spacial score (nSPS) is 11.7. The first-order valence-electron chi connectivity index (χ1n) is 20.2. The van der Waals surface area contributed by atoms with Crippen LogP contribution < -0.4 is 4.18 Å². The number of halogens is 3. The van der Waals surface area contributed by atoms with Gasteiger partial charge >= 0.3 is 15.6 Å². The molecule has 0 saturated carbocycles. The Morgan fingerprint density at radius 2 is 0.887 bits per heavy atom. The minimum absolute atomic E-state index is 0.0977. The van der Waals surface area contributed by atoms with Gasteiger partial charge in [-0.25, -0.2) is 0 Å². The molecule has 8 aromatic rings. The highest BCUT2D eigenvalue weighted by Gasteiger charge is 2.49. The molecule has 8 rings (SSSR count). The molecule has 0 spiro atoms. The van der Waals surface area contributed by atoms with Crippen LogP contribution in [0.2, 0.25) is 0 Å². The van der Waals surface area contributed by atoms with Crippen molar-refractivity contribution in [2.45, 2.75) is 45.0 Å². The van der Waals surface area contributed by atoms with Crippen LogP contribution in [0.3, 0.4) is 0 Å². The lowest BCUT2D eigenvalue weighted by molar-refractivity contribution is -0.0499. The van der Waals surface area contributed by atoms with Crippen molar-refractivity contribution in [3.05, 3.63) is 204 Å². The molecule has 0 fully saturated rings. The predicted octanol–water partition coefficient (Wildman–Crippen LogP) is 12.6. The number of hydrogen-bond acceptors (Lipinski definition) is 6. The summed E-state index contributed by atoms with van der Waals surface area (Å²) < 4.78 is 71.4. The molecule has 5 aromatic carbocycles. The summed E-state index contributed by atoms with van der Waals surface area (Å²) in [7, 11) is -6.02. The van der Waals surface area contributed by atoms with Gasteiger partial charge in [0.25, 0.3) is 0 Å². The van der Waals surface area contributed by atoms with Crippen LogP contribution in [-0.4, -0.2) is 28.9 Å². The maximum atomic E-state index is 13.8. The fourth-order valence-corrected chi connectivity index (χ4v) is 8.07. The van der Waals surface area contributed by atoms with E-state index >= 15 is 0 Å². The molecule has 0 aliphatic carbocycles. The van der Waals surface area contributed by atoms with Gasteiger partial charge in [0, 0.05) is 46.9 Å². The van der Waals surface area contributed by atoms with Gasteiger partial charge in [0.1, 0.15) is 0 Å². The Labute approximate surface area is 359 Å². The summed E-state index contributed by atoms with van der Waals surface area (Å²) in [6.45, 7) is 4.19. The van der Waals surface area contributed by atoms with E-state index in [-0.39, 0.29) is 11.3 Å². The minimum Gasteiger partial charge on any atom is -0.375 e. The fraction of sp³-hybridized carbons (Fsp3) is 0.135. The lowest BCUT2D eigenvalue weighted by Gasteiger charge is -2.18. The van der Waals surface area contributed by atoms with Gasteiger partial charge in [-0.1, -0.05) is 133 Å². The van der Waals surface area contributed by atoms with Gasteiger partial charge in [0.2, 0.25) is 0 Å². The van der Waals surface area contributed by atoms with Crippen LogP contribution in [0.15, 0.2) is 170 Å². The zero-order chi connectivity index (χ0) is 43.3. The monoisotopic (exact) mass is 845 g/mol. The molecular weight excluding hydrogens is 804 g/mol. The van der Waals surface area contributed by atoms with Gasteiger partial charge < -0.3 is 4.18 Å². The molecular formula is C52H42F3N3O3S. The lowest BCUT2D eigenvalue weighted by atomic mass is 9.90. The lowest BCUT2D eigenvalue weighted by Crippen LogP contribution is -2.28. The molecule has 10 heteroatoms. The van der Waals surface area contributed by atoms with Crippen molar-refractivity contribution in [1.82, 2.24) is 15.0 Å². The highest BCUT2D eigenvalue weighted by molar-refractivity contribution is 7.88. The number of nitrogens with zero attached hydrogens (tertiary/aromatic N) is 3. The molecule has 6 nitrogen and oxygen atoms in total. The average molecular weight is 846 g/mol. The summed E-state index contributed by atoms with van der Waals surface area (Å²) in [6, 6.07) is 47.9. The fourth-order valence-electron chi connectivity index (χ4n) is 7.60. The number of aromatic nitrogens is 3. The Kier molecular flexibility index (Phi) is 12.1. The topological polar surface area (TPSA) is 82.0 Å². The smallest absolute Gasteiger partial charge is 0.375 e. The van der Waals surface area contributed by atoms with Crippen LogP contribution >= 0.6 is 0 Å². The summed E-state index contributed by atoms with van der Waals surface area (Å²) in [6.07, 6.45) is 8.07. The zero-order valence-electron chi connectivity index (χ0n) is 34.1. The molecule has 3 aromatic heterocycles. The average Bonchev–Trinajstić information content (AvgIpc) is 3.28. The van der Waals surface area contributed by atoms with Crippen LogP contribution in [-0.2, 0) is 35.8 Å². The number of alkyl halides is 3. The van der Waals surface area contributed by atoms with Crippen molar-refractivity contribution in [2.75, 3.05) is 0 Å². The molecule has 0 N–H and O–H groups in total. The van der Waals surface area contributed by atoms with E-state index in [1.54, 1.807) is 42.5 Å². The van der Waals surface area contributed by atoms with Gasteiger partial charge in [-0.2, -0.15) is 21.6 Å². The molecule has 0 aliphatic heterocycles. The van der Waals surface area contributed by atoms with E-state index in [1.165, 1.54) is 12.3 Å². The van der Waals surface area contributed by atoms with Crippen molar-refractivity contribution in [1.29, 1.82) is 0 Å². The van der Waals surface area contributed by atoms with Gasteiger partial charge in [-0.15, -0.1) is 0 Å². The number of pyridine rings is 3. The number of aryl methyl sites for hydroxylation is 6. The molecule has 0 aliphatic rings. The Hall–Kier alpha value is -6.91. The first kappa shape index (κ1) is 41.8. The van der Waals surface area contributed by atoms with E-state index in [0.29, 0.717) is 29.5 Å². The second-order valence-corrected chi connectivity index (χ2v) is 16.8. The second-order valence-electron chi connectivity index (χ2n) is 15.2. The molecule has 0 radical (unpaired) electrons. The van der Waals surface area contributed by atoms with Crippen LogP contribution in [0.5, 0.6) is 5.75 Å². The molecule has 0 amide bonds. The first-order chi connectivity index (χ1) is 29.9. The molecule has 0 atom stereocenters. The second kappa shape index (κ2) is 18.0. The van der Waals surface area contributed by atoms with Crippen LogP contribution in [0, 0.1) is 13.8 Å². The maximum absolute atomic E-state index is 13.8. The van der Waals surface area contributed by atoms with E-state index in [1.807, 2.05) is 85.2 Å². The van der Waals surface area contributed by atoms with Gasteiger partial charge in [-0.05, 0) is 102 Å². The van der Waals surface area contributed by atoms with Crippen molar-refractivity contribution in [3.63, 3.8) is 0 Å². The van der Waals surface area contributed by atoms with E-state index in [2.05, 4.69) is 49.2 Å². The summed E-state index contributed by atoms with van der Waals surface area (Å²) in [5, 5.41) is 0. The van der Waals surface area contributed by atoms with Crippen molar-refractivity contribution < 1.29 is 25.8 Å². The van der Waals surface area contributed by atoms with Gasteiger partial charge in [-0.3, -0.25) is 15.0 Å². The Bertz CT molecular complexity index is 2850. The molecule has 0 unspecified atom stereocenters. The Morgan fingerprint density at radius 3 is 1.34 bits per heavy atom. The largest absolute Gasteiger partial charge is 0.534 e. The summed E-state index contributed by atoms with van der Waals surface area (Å²) in [4.78, 5) is 14.1. The van der Waals surface area contributed by atoms with E-state index in [4.69, 9.17) is 14.2 Å². The third-order valence-corrected chi connectivity index (χ3v) is 11.9. The maximum Gasteiger partial charge on any atom is 0.534 e. The third-order valence-electron chi connectivity index (χ3n) is 10.9. The third kappa shape index (κ3) is 9.51. The molecule has 0 saturated heterocycles. The molecule has 3 heterocycles. The summed E-state index contributed by atoms with van der Waals surface area (Å²) in [5.41, 5.74) is 7.78. The Balaban J connectivity index is 1.17. The number of rotatable bonds is 13. The first-order valence-corrected chi connectivity index (χ1v) is 21.6. The van der Waals surface area contributed by atoms with Crippen LogP contribution in [0.4, 0.5) is 13.2 Å². The van der Waals surface area contributed by atoms with Crippen LogP contribution in [0.1, 0.15) is 33.4 Å². The zero-order valence-corrected chi connectivity index (χ0v) is 34.9. The molecule has 310 valence electrons. The quantitative estimate of drug-likeness (QED) is 0.0849. The molecule has 62 heavy (non-hydrogen) atoms. The van der Waals surface area contributed by atoms with E-state index < -0.39 is 21.4 Å². The van der Waals surface area contributed by atoms with E-state index in [0.717, 1.165) is 74.3 Å². The SMILES string of the molecule is Cc1cc(-c2ccccc2)ncc1CCc1cc(CCc2cnc(-c3ccccc3)cc2C)cc(-c2ccccc2-c2cnc(-c3ccccc3)cc2OS(=O)(=O)C(F)(F)F)c1. The predicted molar refractivity (Wildman–Crippen MR) is 240 cm³/mol. The van der Waals surface area contributed by atoms with Crippen molar-refractivity contribution in [3.8, 4) is 61.8 Å². The summed E-state index contributed by atoms with van der Waals surface area (Å²) in [5.74, 6) is -0.483. The minimum atomic E-state index is -6.02.